The molecule has 1 aliphatic carbocycles. The summed E-state index contributed by atoms with van der Waals surface area (Å²) in [5, 5.41) is 2.85. The lowest BCUT2D eigenvalue weighted by Crippen LogP contribution is -2.40. The van der Waals surface area contributed by atoms with Gasteiger partial charge in [-0.15, -0.1) is 12.4 Å². The Labute approximate surface area is 166 Å². The van der Waals surface area contributed by atoms with E-state index in [0.29, 0.717) is 0 Å². The van der Waals surface area contributed by atoms with Crippen LogP contribution < -0.4 is 11.1 Å². The maximum absolute atomic E-state index is 13.7. The van der Waals surface area contributed by atoms with Crippen LogP contribution in [0, 0.1) is 5.82 Å². The second kappa shape index (κ2) is 8.92. The maximum atomic E-state index is 13.7. The van der Waals surface area contributed by atoms with Crippen molar-refractivity contribution in [3.63, 3.8) is 0 Å². The standard InChI is InChI=1S/C20H20F4N2O.ClH/c21-14-4-9-17(12-2-1-3-13(10-12)20(22,23)24)18(11-14)19(27)26-16-7-5-15(25)6-8-16;/h1-4,9-11,15-16H,5-8,25H2,(H,26,27);1H. The second-order valence-electron chi connectivity index (χ2n) is 6.85. The molecule has 2 aromatic rings. The van der Waals surface area contributed by atoms with Crippen molar-refractivity contribution in [3.8, 4) is 11.1 Å². The predicted octanol–water partition coefficient (Wildman–Crippen LogP) is 4.93. The van der Waals surface area contributed by atoms with Gasteiger partial charge in [0.1, 0.15) is 5.82 Å². The largest absolute Gasteiger partial charge is 0.416 e. The van der Waals surface area contributed by atoms with Gasteiger partial charge in [-0.1, -0.05) is 18.2 Å². The minimum atomic E-state index is -4.50. The molecule has 3 rings (SSSR count). The molecular weight excluding hydrogens is 396 g/mol. The molecule has 2 aromatic carbocycles. The number of rotatable bonds is 3. The lowest BCUT2D eigenvalue weighted by Gasteiger charge is -2.27. The Kier molecular flexibility index (Phi) is 7.06. The van der Waals surface area contributed by atoms with Gasteiger partial charge < -0.3 is 11.1 Å². The Hall–Kier alpha value is -2.12. The number of amides is 1. The van der Waals surface area contributed by atoms with Crippen LogP contribution in [0.4, 0.5) is 17.6 Å². The summed E-state index contributed by atoms with van der Waals surface area (Å²) in [6, 6.07) is 8.22. The molecule has 1 saturated carbocycles. The summed E-state index contributed by atoms with van der Waals surface area (Å²) in [4.78, 5) is 12.7. The van der Waals surface area contributed by atoms with Crippen molar-refractivity contribution in [1.82, 2.24) is 5.32 Å². The number of hydrogen-bond donors (Lipinski definition) is 2. The molecule has 0 radical (unpaired) electrons. The van der Waals surface area contributed by atoms with E-state index >= 15 is 0 Å². The monoisotopic (exact) mass is 416 g/mol. The van der Waals surface area contributed by atoms with E-state index in [1.165, 1.54) is 18.2 Å². The van der Waals surface area contributed by atoms with Crippen molar-refractivity contribution in [3.05, 3.63) is 59.4 Å². The summed E-state index contributed by atoms with van der Waals surface area (Å²) in [5.41, 5.74) is 5.52. The number of alkyl halides is 3. The summed E-state index contributed by atoms with van der Waals surface area (Å²) in [7, 11) is 0. The van der Waals surface area contributed by atoms with Crippen LogP contribution in [0.15, 0.2) is 42.5 Å². The highest BCUT2D eigenvalue weighted by molar-refractivity contribution is 6.01. The van der Waals surface area contributed by atoms with Crippen molar-refractivity contribution in [2.45, 2.75) is 43.9 Å². The van der Waals surface area contributed by atoms with Crippen LogP contribution in [0.25, 0.3) is 11.1 Å². The van der Waals surface area contributed by atoms with Crippen molar-refractivity contribution >= 4 is 18.3 Å². The zero-order valence-electron chi connectivity index (χ0n) is 14.9. The number of nitrogens with one attached hydrogen (secondary N) is 1. The Balaban J connectivity index is 0.00000280. The smallest absolute Gasteiger partial charge is 0.349 e. The first kappa shape index (κ1) is 22.2. The third kappa shape index (κ3) is 5.23. The number of hydrogen-bond acceptors (Lipinski definition) is 2. The molecule has 0 heterocycles. The number of carbonyl (C=O) groups is 1. The van der Waals surface area contributed by atoms with E-state index in [9.17, 15) is 22.4 Å². The fourth-order valence-electron chi connectivity index (χ4n) is 3.35. The van der Waals surface area contributed by atoms with Crippen molar-refractivity contribution in [2.24, 2.45) is 5.73 Å². The Bertz CT molecular complexity index is 833. The third-order valence-electron chi connectivity index (χ3n) is 4.83. The predicted molar refractivity (Wildman–Crippen MR) is 102 cm³/mol. The summed E-state index contributed by atoms with van der Waals surface area (Å²) in [6.07, 6.45) is -1.48. The highest BCUT2D eigenvalue weighted by Gasteiger charge is 2.31. The Morgan fingerprint density at radius 1 is 1.04 bits per heavy atom. The zero-order chi connectivity index (χ0) is 19.6. The fraction of sp³-hybridized carbons (Fsp3) is 0.350. The van der Waals surface area contributed by atoms with Gasteiger partial charge in [0.2, 0.25) is 0 Å². The van der Waals surface area contributed by atoms with Crippen molar-refractivity contribution in [2.75, 3.05) is 0 Å². The first-order chi connectivity index (χ1) is 12.7. The van der Waals surface area contributed by atoms with E-state index in [2.05, 4.69) is 5.32 Å². The van der Waals surface area contributed by atoms with E-state index in [1.54, 1.807) is 0 Å². The molecule has 28 heavy (non-hydrogen) atoms. The van der Waals surface area contributed by atoms with Crippen LogP contribution in [0.3, 0.4) is 0 Å². The highest BCUT2D eigenvalue weighted by Crippen LogP contribution is 2.33. The molecular formula is C20H21ClF4N2O. The molecule has 1 aliphatic rings. The minimum Gasteiger partial charge on any atom is -0.349 e. The normalized spacial score (nSPS) is 19.6. The van der Waals surface area contributed by atoms with Gasteiger partial charge in [-0.05, 0) is 61.1 Å². The number of halogens is 5. The molecule has 0 unspecified atom stereocenters. The average molecular weight is 417 g/mol. The first-order valence-corrected chi connectivity index (χ1v) is 8.77. The van der Waals surface area contributed by atoms with Gasteiger partial charge in [0.05, 0.1) is 11.1 Å². The molecule has 1 fully saturated rings. The molecule has 0 saturated heterocycles. The quantitative estimate of drug-likeness (QED) is 0.697. The maximum Gasteiger partial charge on any atom is 0.416 e. The van der Waals surface area contributed by atoms with E-state index in [4.69, 9.17) is 5.73 Å². The summed E-state index contributed by atoms with van der Waals surface area (Å²) in [5.74, 6) is -1.12. The summed E-state index contributed by atoms with van der Waals surface area (Å²) >= 11 is 0. The molecule has 0 bridgehead atoms. The van der Waals surface area contributed by atoms with Gasteiger partial charge in [-0.25, -0.2) is 4.39 Å². The Morgan fingerprint density at radius 3 is 2.36 bits per heavy atom. The number of benzene rings is 2. The van der Waals surface area contributed by atoms with E-state index < -0.39 is 23.5 Å². The van der Waals surface area contributed by atoms with E-state index in [-0.39, 0.29) is 41.2 Å². The molecule has 0 aliphatic heterocycles. The lowest BCUT2D eigenvalue weighted by molar-refractivity contribution is -0.137. The van der Waals surface area contributed by atoms with Crippen LogP contribution in [0.5, 0.6) is 0 Å². The van der Waals surface area contributed by atoms with Gasteiger partial charge in [0, 0.05) is 12.1 Å². The second-order valence-corrected chi connectivity index (χ2v) is 6.85. The molecule has 0 spiro atoms. The highest BCUT2D eigenvalue weighted by atomic mass is 35.5. The Morgan fingerprint density at radius 2 is 1.71 bits per heavy atom. The molecule has 0 atom stereocenters. The van der Waals surface area contributed by atoms with Gasteiger partial charge in [0.15, 0.2) is 0 Å². The summed E-state index contributed by atoms with van der Waals surface area (Å²) in [6.45, 7) is 0. The van der Waals surface area contributed by atoms with Gasteiger partial charge in [-0.3, -0.25) is 4.79 Å². The molecule has 152 valence electrons. The van der Waals surface area contributed by atoms with E-state index in [0.717, 1.165) is 49.9 Å². The van der Waals surface area contributed by atoms with Gasteiger partial charge >= 0.3 is 6.18 Å². The van der Waals surface area contributed by atoms with Crippen LogP contribution in [0.2, 0.25) is 0 Å². The number of nitrogens with two attached hydrogens (primary N) is 1. The third-order valence-corrected chi connectivity index (χ3v) is 4.83. The van der Waals surface area contributed by atoms with Gasteiger partial charge in [-0.2, -0.15) is 13.2 Å². The zero-order valence-corrected chi connectivity index (χ0v) is 15.7. The SMILES string of the molecule is Cl.NC1CCC(NC(=O)c2cc(F)ccc2-c2cccc(C(F)(F)F)c2)CC1. The topological polar surface area (TPSA) is 55.1 Å². The van der Waals surface area contributed by atoms with Gasteiger partial charge in [0.25, 0.3) is 5.91 Å². The average Bonchev–Trinajstić information content (AvgIpc) is 2.63. The van der Waals surface area contributed by atoms with Crippen LogP contribution >= 0.6 is 12.4 Å². The summed E-state index contributed by atoms with van der Waals surface area (Å²) < 4.78 is 52.7. The lowest BCUT2D eigenvalue weighted by atomic mass is 9.91. The van der Waals surface area contributed by atoms with E-state index in [1.807, 2.05) is 0 Å². The minimum absolute atomic E-state index is 0. The molecule has 3 N–H and O–H groups in total. The van der Waals surface area contributed by atoms with Crippen LogP contribution in [-0.4, -0.2) is 18.0 Å². The fourth-order valence-corrected chi connectivity index (χ4v) is 3.35. The van der Waals surface area contributed by atoms with Crippen LogP contribution in [0.1, 0.15) is 41.6 Å². The van der Waals surface area contributed by atoms with Crippen molar-refractivity contribution < 1.29 is 22.4 Å². The molecule has 1 amide bonds. The molecule has 8 heteroatoms. The molecule has 0 aromatic heterocycles. The van der Waals surface area contributed by atoms with Crippen LogP contribution in [-0.2, 0) is 6.18 Å². The number of carbonyl (C=O) groups excluding carboxylic acids is 1. The first-order valence-electron chi connectivity index (χ1n) is 8.77. The molecule has 3 nitrogen and oxygen atoms in total. The van der Waals surface area contributed by atoms with Crippen molar-refractivity contribution in [1.29, 1.82) is 0 Å².